The van der Waals surface area contributed by atoms with Crippen LogP contribution in [0.4, 0.5) is 0 Å². The van der Waals surface area contributed by atoms with E-state index in [1.54, 1.807) is 7.11 Å². The maximum absolute atomic E-state index is 5.94. The third kappa shape index (κ3) is 4.60. The van der Waals surface area contributed by atoms with Crippen LogP contribution in [-0.2, 0) is 24.9 Å². The van der Waals surface area contributed by atoms with E-state index in [1.807, 2.05) is 23.9 Å². The van der Waals surface area contributed by atoms with Gasteiger partial charge in [-0.05, 0) is 31.8 Å². The topological polar surface area (TPSA) is 55.6 Å². The Balaban J connectivity index is 1.65. The second kappa shape index (κ2) is 8.62. The molecule has 2 aromatic rings. The minimum absolute atomic E-state index is 0.291. The minimum atomic E-state index is 0.291. The standard InChI is InChI=1S/C19H29N5O2/c1-22(2)9-10-26-14-16-12-24(13-18-19(16)23(3)21-20-18)11-15-5-7-17(25-4)8-6-15/h5-8,16H,9-14H2,1-4H3/t16-/m1/s1. The van der Waals surface area contributed by atoms with E-state index in [9.17, 15) is 0 Å². The van der Waals surface area contributed by atoms with Crippen LogP contribution in [0.15, 0.2) is 24.3 Å². The first-order valence-corrected chi connectivity index (χ1v) is 9.03. The molecule has 2 heterocycles. The van der Waals surface area contributed by atoms with Crippen molar-refractivity contribution in [3.63, 3.8) is 0 Å². The van der Waals surface area contributed by atoms with E-state index in [4.69, 9.17) is 9.47 Å². The molecule has 142 valence electrons. The number of likely N-dealkylation sites (N-methyl/N-ethyl adjacent to an activating group) is 1. The Morgan fingerprint density at radius 1 is 1.23 bits per heavy atom. The number of aryl methyl sites for hydroxylation is 1. The normalized spacial score (nSPS) is 17.5. The van der Waals surface area contributed by atoms with Crippen molar-refractivity contribution >= 4 is 0 Å². The van der Waals surface area contributed by atoms with Crippen molar-refractivity contribution in [3.8, 4) is 5.75 Å². The summed E-state index contributed by atoms with van der Waals surface area (Å²) < 4.78 is 13.1. The van der Waals surface area contributed by atoms with Gasteiger partial charge in [-0.1, -0.05) is 17.3 Å². The van der Waals surface area contributed by atoms with Crippen LogP contribution in [0.2, 0.25) is 0 Å². The van der Waals surface area contributed by atoms with Crippen LogP contribution in [0, 0.1) is 0 Å². The van der Waals surface area contributed by atoms with Crippen LogP contribution in [0.5, 0.6) is 5.75 Å². The molecule has 26 heavy (non-hydrogen) atoms. The van der Waals surface area contributed by atoms with Gasteiger partial charge in [0.15, 0.2) is 0 Å². The van der Waals surface area contributed by atoms with E-state index in [0.29, 0.717) is 12.5 Å². The number of nitrogens with zero attached hydrogens (tertiary/aromatic N) is 5. The fraction of sp³-hybridized carbons (Fsp3) is 0.579. The summed E-state index contributed by atoms with van der Waals surface area (Å²) in [6, 6.07) is 8.25. The van der Waals surface area contributed by atoms with Crippen LogP contribution in [0.25, 0.3) is 0 Å². The van der Waals surface area contributed by atoms with E-state index in [-0.39, 0.29) is 0 Å². The molecule has 3 rings (SSSR count). The highest BCUT2D eigenvalue weighted by molar-refractivity contribution is 5.27. The predicted octanol–water partition coefficient (Wildman–Crippen LogP) is 1.50. The van der Waals surface area contributed by atoms with Crippen molar-refractivity contribution in [1.29, 1.82) is 0 Å². The highest BCUT2D eigenvalue weighted by Crippen LogP contribution is 2.28. The smallest absolute Gasteiger partial charge is 0.118 e. The maximum Gasteiger partial charge on any atom is 0.118 e. The Kier molecular flexibility index (Phi) is 6.24. The van der Waals surface area contributed by atoms with Gasteiger partial charge in [0.2, 0.25) is 0 Å². The average Bonchev–Trinajstić information content (AvgIpc) is 3.00. The molecule has 0 bridgehead atoms. The summed E-state index contributed by atoms with van der Waals surface area (Å²) in [6.45, 7) is 5.02. The molecular formula is C19H29N5O2. The fourth-order valence-corrected chi connectivity index (χ4v) is 3.41. The number of ether oxygens (including phenoxy) is 2. The van der Waals surface area contributed by atoms with Gasteiger partial charge < -0.3 is 14.4 Å². The zero-order valence-electron chi connectivity index (χ0n) is 16.2. The van der Waals surface area contributed by atoms with Gasteiger partial charge in [0.1, 0.15) is 11.4 Å². The number of rotatable bonds is 8. The van der Waals surface area contributed by atoms with Gasteiger partial charge in [-0.2, -0.15) is 0 Å². The van der Waals surface area contributed by atoms with Gasteiger partial charge in [-0.25, -0.2) is 0 Å². The van der Waals surface area contributed by atoms with Crippen molar-refractivity contribution in [1.82, 2.24) is 24.8 Å². The second-order valence-corrected chi connectivity index (χ2v) is 7.14. The molecule has 0 saturated carbocycles. The van der Waals surface area contributed by atoms with Crippen molar-refractivity contribution in [2.24, 2.45) is 7.05 Å². The van der Waals surface area contributed by atoms with Crippen molar-refractivity contribution < 1.29 is 9.47 Å². The molecule has 1 aliphatic heterocycles. The van der Waals surface area contributed by atoms with Gasteiger partial charge in [0.05, 0.1) is 26.0 Å². The molecule has 0 radical (unpaired) electrons. The molecule has 7 nitrogen and oxygen atoms in total. The first-order valence-electron chi connectivity index (χ1n) is 9.03. The van der Waals surface area contributed by atoms with Crippen LogP contribution >= 0.6 is 0 Å². The van der Waals surface area contributed by atoms with E-state index in [0.717, 1.165) is 44.2 Å². The summed E-state index contributed by atoms with van der Waals surface area (Å²) in [6.07, 6.45) is 0. The molecule has 0 N–H and O–H groups in total. The molecule has 0 amide bonds. The summed E-state index contributed by atoms with van der Waals surface area (Å²) in [5.41, 5.74) is 3.54. The molecular weight excluding hydrogens is 330 g/mol. The largest absolute Gasteiger partial charge is 0.497 e. The molecule has 1 aromatic heterocycles. The summed E-state index contributed by atoms with van der Waals surface area (Å²) in [5.74, 6) is 1.18. The third-order valence-electron chi connectivity index (χ3n) is 4.75. The quantitative estimate of drug-likeness (QED) is 0.666. The van der Waals surface area contributed by atoms with Gasteiger partial charge in [-0.3, -0.25) is 9.58 Å². The average molecular weight is 359 g/mol. The zero-order chi connectivity index (χ0) is 18.5. The first kappa shape index (κ1) is 18.8. The summed E-state index contributed by atoms with van der Waals surface area (Å²) >= 11 is 0. The lowest BCUT2D eigenvalue weighted by Crippen LogP contribution is -2.36. The number of benzene rings is 1. The summed E-state index contributed by atoms with van der Waals surface area (Å²) in [4.78, 5) is 4.55. The molecule has 1 aliphatic rings. The second-order valence-electron chi connectivity index (χ2n) is 7.14. The van der Waals surface area contributed by atoms with Crippen LogP contribution < -0.4 is 4.74 Å². The van der Waals surface area contributed by atoms with Gasteiger partial charge in [0.25, 0.3) is 0 Å². The van der Waals surface area contributed by atoms with Gasteiger partial charge in [-0.15, -0.1) is 5.10 Å². The maximum atomic E-state index is 5.94. The number of aromatic nitrogens is 3. The zero-order valence-corrected chi connectivity index (χ0v) is 16.2. The highest BCUT2D eigenvalue weighted by atomic mass is 16.5. The van der Waals surface area contributed by atoms with Crippen LogP contribution in [-0.4, -0.2) is 72.3 Å². The Hall–Kier alpha value is -1.96. The molecule has 0 fully saturated rings. The van der Waals surface area contributed by atoms with E-state index < -0.39 is 0 Å². The summed E-state index contributed by atoms with van der Waals surface area (Å²) in [5, 5.41) is 8.60. The third-order valence-corrected chi connectivity index (χ3v) is 4.75. The van der Waals surface area contributed by atoms with Crippen LogP contribution in [0.3, 0.4) is 0 Å². The van der Waals surface area contributed by atoms with Gasteiger partial charge in [0, 0.05) is 39.1 Å². The number of fused-ring (bicyclic) bond motifs is 1. The van der Waals surface area contributed by atoms with Crippen LogP contribution in [0.1, 0.15) is 22.9 Å². The Bertz CT molecular complexity index is 698. The molecule has 0 spiro atoms. The number of methoxy groups -OCH3 is 1. The minimum Gasteiger partial charge on any atom is -0.497 e. The Morgan fingerprint density at radius 2 is 2.00 bits per heavy atom. The molecule has 7 heteroatoms. The number of hydrogen-bond acceptors (Lipinski definition) is 6. The predicted molar refractivity (Wildman–Crippen MR) is 100 cm³/mol. The SMILES string of the molecule is COc1ccc(CN2Cc3nnn(C)c3[C@@H](COCCN(C)C)C2)cc1. The summed E-state index contributed by atoms with van der Waals surface area (Å²) in [7, 11) is 7.78. The number of hydrogen-bond donors (Lipinski definition) is 0. The fourth-order valence-electron chi connectivity index (χ4n) is 3.41. The molecule has 0 aliphatic carbocycles. The van der Waals surface area contributed by atoms with Crippen molar-refractivity contribution in [3.05, 3.63) is 41.2 Å². The molecule has 0 unspecified atom stereocenters. The van der Waals surface area contributed by atoms with Crippen molar-refractivity contribution in [2.75, 3.05) is 47.5 Å². The highest BCUT2D eigenvalue weighted by Gasteiger charge is 2.30. The van der Waals surface area contributed by atoms with E-state index >= 15 is 0 Å². The first-order chi connectivity index (χ1) is 12.6. The van der Waals surface area contributed by atoms with Gasteiger partial charge >= 0.3 is 0 Å². The molecule has 0 saturated heterocycles. The lowest BCUT2D eigenvalue weighted by Gasteiger charge is -2.32. The lowest BCUT2D eigenvalue weighted by molar-refractivity contribution is 0.0834. The lowest BCUT2D eigenvalue weighted by atomic mass is 9.98. The van der Waals surface area contributed by atoms with E-state index in [2.05, 4.69) is 46.3 Å². The molecule has 1 aromatic carbocycles. The monoisotopic (exact) mass is 359 g/mol. The Morgan fingerprint density at radius 3 is 2.69 bits per heavy atom. The Labute approximate surface area is 155 Å². The van der Waals surface area contributed by atoms with E-state index in [1.165, 1.54) is 11.3 Å². The van der Waals surface area contributed by atoms with Crippen molar-refractivity contribution in [2.45, 2.75) is 19.0 Å². The molecule has 1 atom stereocenters.